The summed E-state index contributed by atoms with van der Waals surface area (Å²) in [6.07, 6.45) is -3.32. The molecule has 0 unspecified atom stereocenters. The normalized spacial score (nSPS) is 21.1. The maximum atomic E-state index is 12.9. The van der Waals surface area contributed by atoms with Crippen LogP contribution in [0.1, 0.15) is 24.0 Å². The predicted molar refractivity (Wildman–Crippen MR) is 81.4 cm³/mol. The molecule has 0 aromatic heterocycles. The average Bonchev–Trinajstić information content (AvgIpc) is 2.95. The monoisotopic (exact) mass is 343 g/mol. The Morgan fingerprint density at radius 1 is 1.21 bits per heavy atom. The van der Waals surface area contributed by atoms with Crippen LogP contribution in [0.15, 0.2) is 24.3 Å². The number of amides is 1. The highest BCUT2D eigenvalue weighted by Crippen LogP contribution is 2.37. The number of hydrogen-bond donors (Lipinski definition) is 1. The van der Waals surface area contributed by atoms with Crippen molar-refractivity contribution in [2.24, 2.45) is 11.8 Å². The lowest BCUT2D eigenvalue weighted by Gasteiger charge is -2.18. The van der Waals surface area contributed by atoms with Crippen molar-refractivity contribution in [2.75, 3.05) is 13.1 Å². The number of halogens is 3. The van der Waals surface area contributed by atoms with Crippen LogP contribution in [0, 0.1) is 18.8 Å². The van der Waals surface area contributed by atoms with Gasteiger partial charge in [-0.15, -0.1) is 0 Å². The number of carbonyl (C=O) groups excluding carboxylic acids is 1. The quantitative estimate of drug-likeness (QED) is 0.894. The van der Waals surface area contributed by atoms with Crippen molar-refractivity contribution in [1.82, 2.24) is 4.90 Å². The Morgan fingerprint density at radius 3 is 2.33 bits per heavy atom. The SMILES string of the molecule is Cc1ccc(CCCC(=O)N2C[C@@H](C(F)(F)F)[C@H](C(=O)O)C2)cc1. The smallest absolute Gasteiger partial charge is 0.394 e. The van der Waals surface area contributed by atoms with Gasteiger partial charge >= 0.3 is 12.1 Å². The molecule has 1 saturated heterocycles. The van der Waals surface area contributed by atoms with E-state index in [0.29, 0.717) is 12.8 Å². The van der Waals surface area contributed by atoms with Gasteiger partial charge < -0.3 is 10.0 Å². The van der Waals surface area contributed by atoms with E-state index in [9.17, 15) is 22.8 Å². The fraction of sp³-hybridized carbons (Fsp3) is 0.529. The number of aryl methyl sites for hydroxylation is 2. The van der Waals surface area contributed by atoms with Crippen LogP contribution in [-0.4, -0.2) is 41.1 Å². The van der Waals surface area contributed by atoms with Crippen LogP contribution in [0.25, 0.3) is 0 Å². The maximum absolute atomic E-state index is 12.9. The summed E-state index contributed by atoms with van der Waals surface area (Å²) < 4.78 is 38.7. The Hall–Kier alpha value is -2.05. The van der Waals surface area contributed by atoms with Crippen LogP contribution < -0.4 is 0 Å². The molecule has 1 heterocycles. The van der Waals surface area contributed by atoms with Crippen molar-refractivity contribution in [3.05, 3.63) is 35.4 Å². The van der Waals surface area contributed by atoms with Gasteiger partial charge in [-0.1, -0.05) is 29.8 Å². The molecule has 4 nitrogen and oxygen atoms in total. The zero-order valence-electron chi connectivity index (χ0n) is 13.3. The zero-order chi connectivity index (χ0) is 17.9. The third-order valence-corrected chi connectivity index (χ3v) is 4.39. The third-order valence-electron chi connectivity index (χ3n) is 4.39. The topological polar surface area (TPSA) is 57.6 Å². The van der Waals surface area contributed by atoms with E-state index in [1.807, 2.05) is 31.2 Å². The first kappa shape index (κ1) is 18.3. The van der Waals surface area contributed by atoms with Gasteiger partial charge in [-0.3, -0.25) is 9.59 Å². The number of alkyl halides is 3. The summed E-state index contributed by atoms with van der Waals surface area (Å²) in [5.41, 5.74) is 2.19. The van der Waals surface area contributed by atoms with Gasteiger partial charge in [0.1, 0.15) is 0 Å². The molecule has 0 spiro atoms. The van der Waals surface area contributed by atoms with E-state index in [1.165, 1.54) is 0 Å². The van der Waals surface area contributed by atoms with E-state index in [0.717, 1.165) is 16.0 Å². The fourth-order valence-electron chi connectivity index (χ4n) is 2.95. The van der Waals surface area contributed by atoms with Gasteiger partial charge in [0, 0.05) is 19.5 Å². The van der Waals surface area contributed by atoms with Crippen molar-refractivity contribution < 1.29 is 27.9 Å². The van der Waals surface area contributed by atoms with Gasteiger partial charge in [0.05, 0.1) is 11.8 Å². The molecule has 0 saturated carbocycles. The molecule has 2 atom stereocenters. The predicted octanol–water partition coefficient (Wildman–Crippen LogP) is 3.04. The van der Waals surface area contributed by atoms with Crippen LogP contribution in [0.2, 0.25) is 0 Å². The van der Waals surface area contributed by atoms with E-state index >= 15 is 0 Å². The molecule has 1 N–H and O–H groups in total. The molecular weight excluding hydrogens is 323 g/mol. The molecule has 1 aliphatic heterocycles. The van der Waals surface area contributed by atoms with Crippen LogP contribution in [0.4, 0.5) is 13.2 Å². The summed E-state index contributed by atoms with van der Waals surface area (Å²) in [7, 11) is 0. The number of nitrogens with zero attached hydrogens (tertiary/aromatic N) is 1. The van der Waals surface area contributed by atoms with E-state index in [1.54, 1.807) is 0 Å². The van der Waals surface area contributed by atoms with Crippen molar-refractivity contribution in [3.8, 4) is 0 Å². The Balaban J connectivity index is 1.88. The molecular formula is C17H20F3NO3. The first-order valence-corrected chi connectivity index (χ1v) is 7.81. The van der Waals surface area contributed by atoms with Crippen LogP contribution >= 0.6 is 0 Å². The van der Waals surface area contributed by atoms with Gasteiger partial charge in [0.25, 0.3) is 0 Å². The highest BCUT2D eigenvalue weighted by Gasteiger charge is 2.53. The van der Waals surface area contributed by atoms with E-state index in [2.05, 4.69) is 0 Å². The number of benzene rings is 1. The molecule has 2 rings (SSSR count). The first-order valence-electron chi connectivity index (χ1n) is 7.81. The Kier molecular flexibility index (Phi) is 5.51. The molecule has 0 aliphatic carbocycles. The van der Waals surface area contributed by atoms with Crippen LogP contribution in [-0.2, 0) is 16.0 Å². The van der Waals surface area contributed by atoms with Gasteiger partial charge in [-0.25, -0.2) is 0 Å². The van der Waals surface area contributed by atoms with Crippen molar-refractivity contribution >= 4 is 11.9 Å². The van der Waals surface area contributed by atoms with Crippen molar-refractivity contribution in [3.63, 3.8) is 0 Å². The summed E-state index contributed by atoms with van der Waals surface area (Å²) in [6.45, 7) is 1.03. The lowest BCUT2D eigenvalue weighted by molar-refractivity contribution is -0.188. The number of carboxylic acids is 1. The highest BCUT2D eigenvalue weighted by molar-refractivity contribution is 5.79. The van der Waals surface area contributed by atoms with E-state index in [4.69, 9.17) is 5.11 Å². The molecule has 1 aromatic carbocycles. The molecule has 24 heavy (non-hydrogen) atoms. The highest BCUT2D eigenvalue weighted by atomic mass is 19.4. The molecule has 0 bridgehead atoms. The summed E-state index contributed by atoms with van der Waals surface area (Å²) >= 11 is 0. The maximum Gasteiger partial charge on any atom is 0.394 e. The van der Waals surface area contributed by atoms with Gasteiger partial charge in [-0.2, -0.15) is 13.2 Å². The third kappa shape index (κ3) is 4.49. The average molecular weight is 343 g/mol. The lowest BCUT2D eigenvalue weighted by atomic mass is 9.96. The number of likely N-dealkylation sites (tertiary alicyclic amines) is 1. The number of aliphatic carboxylic acids is 1. The van der Waals surface area contributed by atoms with E-state index in [-0.39, 0.29) is 13.0 Å². The second kappa shape index (κ2) is 7.23. The second-order valence-corrected chi connectivity index (χ2v) is 6.23. The van der Waals surface area contributed by atoms with Crippen molar-refractivity contribution in [1.29, 1.82) is 0 Å². The lowest BCUT2D eigenvalue weighted by Crippen LogP contribution is -2.34. The fourth-order valence-corrected chi connectivity index (χ4v) is 2.95. The van der Waals surface area contributed by atoms with Gasteiger partial charge in [0.2, 0.25) is 5.91 Å². The van der Waals surface area contributed by atoms with Gasteiger partial charge in [0.15, 0.2) is 0 Å². The molecule has 0 radical (unpaired) electrons. The Morgan fingerprint density at radius 2 is 1.83 bits per heavy atom. The van der Waals surface area contributed by atoms with Crippen LogP contribution in [0.5, 0.6) is 0 Å². The Bertz CT molecular complexity index is 598. The zero-order valence-corrected chi connectivity index (χ0v) is 13.3. The van der Waals surface area contributed by atoms with Crippen LogP contribution in [0.3, 0.4) is 0 Å². The second-order valence-electron chi connectivity index (χ2n) is 6.23. The molecule has 7 heteroatoms. The van der Waals surface area contributed by atoms with E-state index < -0.39 is 36.4 Å². The summed E-state index contributed by atoms with van der Waals surface area (Å²) in [6, 6.07) is 7.83. The number of carboxylic acid groups (broad SMARTS) is 1. The standard InChI is InChI=1S/C17H20F3NO3/c1-11-5-7-12(8-6-11)3-2-4-15(22)21-9-13(16(23)24)14(10-21)17(18,19)20/h5-8,13-14H,2-4,9-10H2,1H3,(H,23,24)/t13-,14-/m1/s1. The minimum absolute atomic E-state index is 0.116. The minimum Gasteiger partial charge on any atom is -0.481 e. The first-order chi connectivity index (χ1) is 11.2. The van der Waals surface area contributed by atoms with Crippen molar-refractivity contribution in [2.45, 2.75) is 32.4 Å². The molecule has 1 fully saturated rings. The minimum atomic E-state index is -4.61. The summed E-state index contributed by atoms with van der Waals surface area (Å²) in [5.74, 6) is -5.49. The molecule has 1 aliphatic rings. The number of hydrogen-bond acceptors (Lipinski definition) is 2. The number of rotatable bonds is 5. The molecule has 1 amide bonds. The van der Waals surface area contributed by atoms with Gasteiger partial charge in [-0.05, 0) is 25.3 Å². The molecule has 132 valence electrons. The Labute approximate surface area is 138 Å². The largest absolute Gasteiger partial charge is 0.481 e. The summed E-state index contributed by atoms with van der Waals surface area (Å²) in [5, 5.41) is 8.96. The molecule has 1 aromatic rings. The summed E-state index contributed by atoms with van der Waals surface area (Å²) in [4.78, 5) is 24.1. The number of carbonyl (C=O) groups is 2.